The first-order valence-electron chi connectivity index (χ1n) is 10.2. The average Bonchev–Trinajstić information content (AvgIpc) is 2.73. The van der Waals surface area contributed by atoms with E-state index in [1.807, 2.05) is 26.0 Å². The van der Waals surface area contributed by atoms with E-state index in [2.05, 4.69) is 27.5 Å². The zero-order chi connectivity index (χ0) is 21.7. The number of amides is 2. The van der Waals surface area contributed by atoms with Gasteiger partial charge in [-0.05, 0) is 55.8 Å². The minimum atomic E-state index is -0.695. The van der Waals surface area contributed by atoms with Gasteiger partial charge in [0.25, 0.3) is 0 Å². The van der Waals surface area contributed by atoms with Crippen LogP contribution >= 0.6 is 0 Å². The van der Waals surface area contributed by atoms with Gasteiger partial charge in [0.2, 0.25) is 0 Å². The number of rotatable bonds is 5. The van der Waals surface area contributed by atoms with Crippen molar-refractivity contribution in [1.82, 2.24) is 15.1 Å². The van der Waals surface area contributed by atoms with Crippen molar-refractivity contribution in [2.75, 3.05) is 45.1 Å². The van der Waals surface area contributed by atoms with E-state index in [9.17, 15) is 14.0 Å². The second-order valence-electron chi connectivity index (χ2n) is 7.82. The molecular formula is C23H29FN4O2. The number of piperazine rings is 1. The van der Waals surface area contributed by atoms with Crippen LogP contribution in [-0.4, -0.2) is 61.4 Å². The Morgan fingerprint density at radius 3 is 2.33 bits per heavy atom. The Bertz CT molecular complexity index is 893. The number of benzene rings is 2. The SMILES string of the molecule is Cc1cccc(NC(=O)C(=O)NCC(c2ccc(F)cc2)N2CCN(C)CC2)c1C. The molecule has 0 aliphatic carbocycles. The molecule has 1 aliphatic heterocycles. The summed E-state index contributed by atoms with van der Waals surface area (Å²) < 4.78 is 13.4. The van der Waals surface area contributed by atoms with E-state index in [-0.39, 0.29) is 18.4 Å². The lowest BCUT2D eigenvalue weighted by atomic mass is 10.0. The van der Waals surface area contributed by atoms with Gasteiger partial charge in [0.15, 0.2) is 0 Å². The maximum atomic E-state index is 13.4. The fourth-order valence-corrected chi connectivity index (χ4v) is 3.61. The van der Waals surface area contributed by atoms with Crippen molar-refractivity contribution in [2.45, 2.75) is 19.9 Å². The number of carbonyl (C=O) groups excluding carboxylic acids is 2. The third kappa shape index (κ3) is 5.43. The van der Waals surface area contributed by atoms with Crippen LogP contribution in [0.15, 0.2) is 42.5 Å². The van der Waals surface area contributed by atoms with E-state index < -0.39 is 11.8 Å². The predicted octanol–water partition coefficient (Wildman–Crippen LogP) is 2.49. The topological polar surface area (TPSA) is 64.7 Å². The van der Waals surface area contributed by atoms with Gasteiger partial charge >= 0.3 is 11.8 Å². The molecule has 1 heterocycles. The Labute approximate surface area is 177 Å². The molecule has 3 rings (SSSR count). The number of nitrogens with zero attached hydrogens (tertiary/aromatic N) is 2. The first-order chi connectivity index (χ1) is 14.3. The molecule has 30 heavy (non-hydrogen) atoms. The molecule has 2 aromatic carbocycles. The second-order valence-corrected chi connectivity index (χ2v) is 7.82. The summed E-state index contributed by atoms with van der Waals surface area (Å²) in [5, 5.41) is 5.44. The zero-order valence-corrected chi connectivity index (χ0v) is 17.7. The maximum Gasteiger partial charge on any atom is 0.313 e. The van der Waals surface area contributed by atoms with Gasteiger partial charge in [-0.3, -0.25) is 14.5 Å². The Hall–Kier alpha value is -2.77. The minimum absolute atomic E-state index is 0.128. The molecule has 1 saturated heterocycles. The van der Waals surface area contributed by atoms with E-state index in [4.69, 9.17) is 0 Å². The van der Waals surface area contributed by atoms with Crippen LogP contribution in [0.1, 0.15) is 22.7 Å². The third-order valence-electron chi connectivity index (χ3n) is 5.75. The highest BCUT2D eigenvalue weighted by Gasteiger charge is 2.25. The molecule has 0 spiro atoms. The lowest BCUT2D eigenvalue weighted by Gasteiger charge is -2.38. The van der Waals surface area contributed by atoms with Crippen molar-refractivity contribution in [3.8, 4) is 0 Å². The lowest BCUT2D eigenvalue weighted by Crippen LogP contribution is -2.49. The number of nitrogens with one attached hydrogen (secondary N) is 2. The van der Waals surface area contributed by atoms with Crippen molar-refractivity contribution in [1.29, 1.82) is 0 Å². The molecule has 7 heteroatoms. The summed E-state index contributed by atoms with van der Waals surface area (Å²) in [6, 6.07) is 11.8. The molecule has 0 bridgehead atoms. The highest BCUT2D eigenvalue weighted by molar-refractivity contribution is 6.39. The van der Waals surface area contributed by atoms with Crippen molar-refractivity contribution in [3.05, 3.63) is 65.0 Å². The van der Waals surface area contributed by atoms with Crippen LogP contribution in [0.3, 0.4) is 0 Å². The molecule has 0 saturated carbocycles. The lowest BCUT2D eigenvalue weighted by molar-refractivity contribution is -0.136. The van der Waals surface area contributed by atoms with Gasteiger partial charge < -0.3 is 15.5 Å². The van der Waals surface area contributed by atoms with Gasteiger partial charge in [-0.15, -0.1) is 0 Å². The van der Waals surface area contributed by atoms with Crippen molar-refractivity contribution in [3.63, 3.8) is 0 Å². The van der Waals surface area contributed by atoms with Crippen molar-refractivity contribution >= 4 is 17.5 Å². The molecule has 2 N–H and O–H groups in total. The van der Waals surface area contributed by atoms with Crippen LogP contribution in [0, 0.1) is 19.7 Å². The maximum absolute atomic E-state index is 13.4. The van der Waals surface area contributed by atoms with E-state index >= 15 is 0 Å². The quantitative estimate of drug-likeness (QED) is 0.741. The summed E-state index contributed by atoms with van der Waals surface area (Å²) in [6.07, 6.45) is 0. The molecular weight excluding hydrogens is 383 g/mol. The standard InChI is InChI=1S/C23H29FN4O2/c1-16-5-4-6-20(17(16)2)26-23(30)22(29)25-15-21(18-7-9-19(24)10-8-18)28-13-11-27(3)12-14-28/h4-10,21H,11-15H2,1-3H3,(H,25,29)(H,26,30). The van der Waals surface area contributed by atoms with Gasteiger partial charge in [-0.25, -0.2) is 4.39 Å². The Balaban J connectivity index is 1.66. The number of aryl methyl sites for hydroxylation is 1. The van der Waals surface area contributed by atoms with Gasteiger partial charge in [0.1, 0.15) is 5.82 Å². The molecule has 1 unspecified atom stereocenters. The monoisotopic (exact) mass is 412 g/mol. The van der Waals surface area contributed by atoms with E-state index in [1.165, 1.54) is 12.1 Å². The van der Waals surface area contributed by atoms with Crippen LogP contribution < -0.4 is 10.6 Å². The molecule has 0 aromatic heterocycles. The summed E-state index contributed by atoms with van der Waals surface area (Å²) in [7, 11) is 2.07. The van der Waals surface area contributed by atoms with Crippen molar-refractivity contribution in [2.24, 2.45) is 0 Å². The Morgan fingerprint density at radius 1 is 1.00 bits per heavy atom. The summed E-state index contributed by atoms with van der Waals surface area (Å²) in [4.78, 5) is 29.4. The number of likely N-dealkylation sites (N-methyl/N-ethyl adjacent to an activating group) is 1. The normalized spacial score (nSPS) is 16.1. The van der Waals surface area contributed by atoms with Crippen molar-refractivity contribution < 1.29 is 14.0 Å². The highest BCUT2D eigenvalue weighted by Crippen LogP contribution is 2.22. The average molecular weight is 413 g/mol. The second kappa shape index (κ2) is 9.82. The molecule has 1 aliphatic rings. The van der Waals surface area contributed by atoms with Gasteiger partial charge in [0, 0.05) is 38.4 Å². The van der Waals surface area contributed by atoms with Crippen LogP contribution in [0.2, 0.25) is 0 Å². The minimum Gasteiger partial charge on any atom is -0.346 e. The highest BCUT2D eigenvalue weighted by atomic mass is 19.1. The molecule has 1 fully saturated rings. The molecule has 2 aromatic rings. The predicted molar refractivity (Wildman–Crippen MR) is 116 cm³/mol. The zero-order valence-electron chi connectivity index (χ0n) is 17.7. The fraction of sp³-hybridized carbons (Fsp3) is 0.391. The number of hydrogen-bond acceptors (Lipinski definition) is 4. The summed E-state index contributed by atoms with van der Waals surface area (Å²) >= 11 is 0. The number of carbonyl (C=O) groups is 2. The Kier molecular flexibility index (Phi) is 7.18. The molecule has 1 atom stereocenters. The van der Waals surface area contributed by atoms with Crippen LogP contribution in [-0.2, 0) is 9.59 Å². The van der Waals surface area contributed by atoms with Crippen LogP contribution in [0.4, 0.5) is 10.1 Å². The van der Waals surface area contributed by atoms with E-state index in [0.29, 0.717) is 5.69 Å². The first kappa shape index (κ1) is 21.9. The molecule has 2 amide bonds. The largest absolute Gasteiger partial charge is 0.346 e. The molecule has 0 radical (unpaired) electrons. The van der Waals surface area contributed by atoms with Gasteiger partial charge in [-0.1, -0.05) is 24.3 Å². The first-order valence-corrected chi connectivity index (χ1v) is 10.2. The van der Waals surface area contributed by atoms with E-state index in [1.54, 1.807) is 18.2 Å². The Morgan fingerprint density at radius 2 is 1.67 bits per heavy atom. The number of hydrogen-bond donors (Lipinski definition) is 2. The van der Waals surface area contributed by atoms with Crippen LogP contribution in [0.25, 0.3) is 0 Å². The van der Waals surface area contributed by atoms with E-state index in [0.717, 1.165) is 42.9 Å². The fourth-order valence-electron chi connectivity index (χ4n) is 3.61. The summed E-state index contributed by atoms with van der Waals surface area (Å²) in [5.74, 6) is -1.68. The van der Waals surface area contributed by atoms with Gasteiger partial charge in [-0.2, -0.15) is 0 Å². The molecule has 6 nitrogen and oxygen atoms in total. The molecule has 160 valence electrons. The number of anilines is 1. The summed E-state index contributed by atoms with van der Waals surface area (Å²) in [6.45, 7) is 7.63. The number of halogens is 1. The smallest absolute Gasteiger partial charge is 0.313 e. The van der Waals surface area contributed by atoms with Crippen LogP contribution in [0.5, 0.6) is 0 Å². The third-order valence-corrected chi connectivity index (χ3v) is 5.75. The summed E-state index contributed by atoms with van der Waals surface area (Å²) in [5.41, 5.74) is 3.51. The van der Waals surface area contributed by atoms with Gasteiger partial charge in [0.05, 0.1) is 6.04 Å².